The molecule has 1 aliphatic carbocycles. The summed E-state index contributed by atoms with van der Waals surface area (Å²) >= 11 is 0. The first-order chi connectivity index (χ1) is 6.14. The normalized spacial score (nSPS) is 29.1. The van der Waals surface area contributed by atoms with E-state index in [-0.39, 0.29) is 18.3 Å². The molecule has 3 nitrogen and oxygen atoms in total. The zero-order valence-corrected chi connectivity index (χ0v) is 8.37. The Labute approximate surface area is 88.3 Å². The number of hydrogen-bond acceptors (Lipinski definition) is 1. The average molecular weight is 214 g/mol. The minimum absolute atomic E-state index is 0. The van der Waals surface area contributed by atoms with Crippen LogP contribution >= 0.6 is 0 Å². The number of halogens is 1. The smallest absolute Gasteiger partial charge is 0.366 e. The van der Waals surface area contributed by atoms with Crippen molar-refractivity contribution >= 4 is 5.97 Å². The number of rotatable bonds is 2. The topological polar surface area (TPSA) is 64.9 Å². The first-order valence-electron chi connectivity index (χ1n) is 4.28. The van der Waals surface area contributed by atoms with Crippen molar-refractivity contribution in [3.63, 3.8) is 0 Å². The third-order valence-electron chi connectivity index (χ3n) is 2.70. The highest BCUT2D eigenvalue weighted by molar-refractivity contribution is 5.82. The van der Waals surface area contributed by atoms with Gasteiger partial charge in [-0.25, -0.2) is 4.79 Å². The molecule has 2 atom stereocenters. The van der Waals surface area contributed by atoms with Crippen molar-refractivity contribution in [2.75, 3.05) is 0 Å². The van der Waals surface area contributed by atoms with Crippen LogP contribution in [0.2, 0.25) is 0 Å². The quantitative estimate of drug-likeness (QED) is 0.559. The molecular weight excluding hydrogens is 202 g/mol. The van der Waals surface area contributed by atoms with Gasteiger partial charge < -0.3 is 23.2 Å². The molecule has 1 fully saturated rings. The third kappa shape index (κ3) is 1.61. The summed E-state index contributed by atoms with van der Waals surface area (Å²) in [7, 11) is 0. The zero-order chi connectivity index (χ0) is 9.47. The number of carbonyl (C=O) groups is 1. The van der Waals surface area contributed by atoms with E-state index in [4.69, 9.17) is 5.11 Å². The van der Waals surface area contributed by atoms with Crippen LogP contribution in [0.25, 0.3) is 0 Å². The lowest BCUT2D eigenvalue weighted by molar-refractivity contribution is -0.426. The molecule has 4 N–H and O–H groups in total. The Morgan fingerprint density at radius 2 is 2.00 bits per heavy atom. The van der Waals surface area contributed by atoms with Crippen LogP contribution in [0.1, 0.15) is 17.9 Å². The van der Waals surface area contributed by atoms with Crippen molar-refractivity contribution in [3.8, 4) is 0 Å². The van der Waals surface area contributed by atoms with E-state index in [1.165, 1.54) is 0 Å². The molecule has 1 aromatic carbocycles. The lowest BCUT2D eigenvalue weighted by Crippen LogP contribution is -3.00. The van der Waals surface area contributed by atoms with E-state index < -0.39 is 11.5 Å². The summed E-state index contributed by atoms with van der Waals surface area (Å²) in [6, 6.07) is 9.70. The largest absolute Gasteiger partial charge is 1.00 e. The van der Waals surface area contributed by atoms with Gasteiger partial charge in [-0.15, -0.1) is 0 Å². The van der Waals surface area contributed by atoms with Crippen LogP contribution in [0, 0.1) is 0 Å². The summed E-state index contributed by atoms with van der Waals surface area (Å²) in [6.45, 7) is 0. The fourth-order valence-electron chi connectivity index (χ4n) is 1.66. The molecular formula is C10H12ClNO2. The van der Waals surface area contributed by atoms with Crippen molar-refractivity contribution in [2.45, 2.75) is 17.9 Å². The highest BCUT2D eigenvalue weighted by Crippen LogP contribution is 2.47. The third-order valence-corrected chi connectivity index (χ3v) is 2.70. The second kappa shape index (κ2) is 3.59. The van der Waals surface area contributed by atoms with E-state index in [9.17, 15) is 4.79 Å². The Morgan fingerprint density at radius 1 is 1.43 bits per heavy atom. The van der Waals surface area contributed by atoms with Gasteiger partial charge in [0.25, 0.3) is 0 Å². The molecule has 0 bridgehead atoms. The lowest BCUT2D eigenvalue weighted by Gasteiger charge is -2.01. The van der Waals surface area contributed by atoms with Crippen LogP contribution < -0.4 is 18.1 Å². The maximum Gasteiger partial charge on any atom is 0.366 e. The zero-order valence-electron chi connectivity index (χ0n) is 7.61. The van der Waals surface area contributed by atoms with E-state index >= 15 is 0 Å². The van der Waals surface area contributed by atoms with Crippen molar-refractivity contribution in [3.05, 3.63) is 35.9 Å². The number of hydrogen-bond donors (Lipinski definition) is 2. The Hall–Kier alpha value is -1.06. The molecule has 2 rings (SSSR count). The first-order valence-corrected chi connectivity index (χ1v) is 4.28. The van der Waals surface area contributed by atoms with Gasteiger partial charge >= 0.3 is 5.97 Å². The molecule has 1 saturated carbocycles. The summed E-state index contributed by atoms with van der Waals surface area (Å²) in [5.74, 6) is -0.687. The Balaban J connectivity index is 0.000000980. The van der Waals surface area contributed by atoms with Gasteiger partial charge in [0.05, 0.1) is 5.92 Å². The second-order valence-corrected chi connectivity index (χ2v) is 3.63. The number of carboxylic acids is 1. The molecule has 0 radical (unpaired) electrons. The molecule has 14 heavy (non-hydrogen) atoms. The lowest BCUT2D eigenvalue weighted by atomic mass is 10.1. The summed E-state index contributed by atoms with van der Waals surface area (Å²) in [6.07, 6.45) is 0.659. The average Bonchev–Trinajstić information content (AvgIpc) is 2.81. The molecule has 1 aliphatic rings. The van der Waals surface area contributed by atoms with Crippen LogP contribution in [0.5, 0.6) is 0 Å². The molecule has 0 spiro atoms. The standard InChI is InChI=1S/C10H11NO2.ClH/c11-10(9(12)13)6-8(10)7-4-2-1-3-5-7;/h1-5,8H,6,11H2,(H,12,13);1H. The summed E-state index contributed by atoms with van der Waals surface area (Å²) < 4.78 is 0. The fourth-order valence-corrected chi connectivity index (χ4v) is 1.66. The molecule has 2 unspecified atom stereocenters. The van der Waals surface area contributed by atoms with Gasteiger partial charge in [0.1, 0.15) is 0 Å². The van der Waals surface area contributed by atoms with Gasteiger partial charge in [-0.3, -0.25) is 0 Å². The summed E-state index contributed by atoms with van der Waals surface area (Å²) in [5, 5.41) is 8.88. The van der Waals surface area contributed by atoms with Crippen LogP contribution in [-0.2, 0) is 4.79 Å². The van der Waals surface area contributed by atoms with E-state index in [1.807, 2.05) is 30.3 Å². The van der Waals surface area contributed by atoms with Crippen LogP contribution in [0.3, 0.4) is 0 Å². The minimum atomic E-state index is -0.790. The molecule has 0 amide bonds. The Bertz CT molecular complexity index is 341. The highest BCUT2D eigenvalue weighted by atomic mass is 35.5. The second-order valence-electron chi connectivity index (χ2n) is 3.63. The van der Waals surface area contributed by atoms with E-state index in [2.05, 4.69) is 5.73 Å². The molecule has 1 aromatic rings. The van der Waals surface area contributed by atoms with E-state index in [1.54, 1.807) is 0 Å². The minimum Gasteiger partial charge on any atom is -1.00 e. The fraction of sp³-hybridized carbons (Fsp3) is 0.300. The van der Waals surface area contributed by atoms with Crippen molar-refractivity contribution in [1.82, 2.24) is 0 Å². The number of quaternary nitrogens is 1. The molecule has 0 aliphatic heterocycles. The molecule has 0 saturated heterocycles. The van der Waals surface area contributed by atoms with Crippen molar-refractivity contribution < 1.29 is 28.0 Å². The SMILES string of the molecule is [Cl-].[NH3+]C1(C(=O)O)CC1c1ccccc1. The molecule has 4 heteroatoms. The molecule has 0 aromatic heterocycles. The van der Waals surface area contributed by atoms with Gasteiger partial charge in [0.15, 0.2) is 0 Å². The Morgan fingerprint density at radius 3 is 2.43 bits per heavy atom. The van der Waals surface area contributed by atoms with Gasteiger partial charge in [-0.05, 0) is 5.56 Å². The molecule has 0 heterocycles. The number of carboxylic acid groups (broad SMARTS) is 1. The monoisotopic (exact) mass is 213 g/mol. The number of benzene rings is 1. The van der Waals surface area contributed by atoms with Crippen molar-refractivity contribution in [1.29, 1.82) is 0 Å². The predicted molar refractivity (Wildman–Crippen MR) is 47.1 cm³/mol. The maximum absolute atomic E-state index is 10.8. The first kappa shape index (κ1) is 11.0. The van der Waals surface area contributed by atoms with Gasteiger partial charge in [0, 0.05) is 6.42 Å². The Kier molecular flexibility index (Phi) is 2.83. The van der Waals surface area contributed by atoms with Crippen LogP contribution in [0.15, 0.2) is 30.3 Å². The summed E-state index contributed by atoms with van der Waals surface area (Å²) in [5.41, 5.74) is 4.06. The van der Waals surface area contributed by atoms with E-state index in [0.29, 0.717) is 6.42 Å². The van der Waals surface area contributed by atoms with E-state index in [0.717, 1.165) is 5.56 Å². The number of aliphatic carboxylic acids is 1. The highest BCUT2D eigenvalue weighted by Gasteiger charge is 2.62. The van der Waals surface area contributed by atoms with Crippen molar-refractivity contribution in [2.24, 2.45) is 0 Å². The van der Waals surface area contributed by atoms with Gasteiger partial charge in [-0.1, -0.05) is 30.3 Å². The van der Waals surface area contributed by atoms with Gasteiger partial charge in [0.2, 0.25) is 5.54 Å². The van der Waals surface area contributed by atoms with Crippen LogP contribution in [-0.4, -0.2) is 16.6 Å². The maximum atomic E-state index is 10.8. The summed E-state index contributed by atoms with van der Waals surface area (Å²) in [4.78, 5) is 10.8. The van der Waals surface area contributed by atoms with Crippen LogP contribution in [0.4, 0.5) is 0 Å². The molecule has 76 valence electrons. The van der Waals surface area contributed by atoms with Gasteiger partial charge in [-0.2, -0.15) is 0 Å². The predicted octanol–water partition coefficient (Wildman–Crippen LogP) is -2.76.